The zero-order valence-corrected chi connectivity index (χ0v) is 12.5. The summed E-state index contributed by atoms with van der Waals surface area (Å²) >= 11 is 1.62. The number of aromatic nitrogens is 2. The van der Waals surface area contributed by atoms with Gasteiger partial charge in [-0.05, 0) is 17.5 Å². The summed E-state index contributed by atoms with van der Waals surface area (Å²) in [6.45, 7) is 2.28. The minimum absolute atomic E-state index is 0.0704. The third kappa shape index (κ3) is 2.69. The van der Waals surface area contributed by atoms with Crippen molar-refractivity contribution in [1.82, 2.24) is 19.6 Å². The Labute approximate surface area is 126 Å². The van der Waals surface area contributed by atoms with Crippen molar-refractivity contribution >= 4 is 23.7 Å². The largest absolute Gasteiger partial charge is 0.342 e. The van der Waals surface area contributed by atoms with Gasteiger partial charge in [-0.1, -0.05) is 6.07 Å². The van der Waals surface area contributed by atoms with Crippen LogP contribution in [0.4, 0.5) is 0 Å². The highest BCUT2D eigenvalue weighted by atomic mass is 32.1. The van der Waals surface area contributed by atoms with Crippen molar-refractivity contribution in [3.05, 3.63) is 29.3 Å². The van der Waals surface area contributed by atoms with Crippen LogP contribution in [0, 0.1) is 0 Å². The monoisotopic (exact) mass is 304 g/mol. The lowest BCUT2D eigenvalue weighted by Gasteiger charge is -2.32. The van der Waals surface area contributed by atoms with E-state index in [1.165, 1.54) is 0 Å². The van der Waals surface area contributed by atoms with Gasteiger partial charge in [0.15, 0.2) is 5.69 Å². The molecule has 0 unspecified atom stereocenters. The maximum atomic E-state index is 12.5. The highest BCUT2D eigenvalue weighted by Gasteiger charge is 2.24. The number of rotatable bonds is 3. The lowest BCUT2D eigenvalue weighted by molar-refractivity contribution is -0.119. The van der Waals surface area contributed by atoms with Crippen LogP contribution in [0.5, 0.6) is 0 Å². The van der Waals surface area contributed by atoms with E-state index in [0.717, 1.165) is 17.0 Å². The molecule has 3 heterocycles. The maximum absolute atomic E-state index is 12.5. The molecule has 1 saturated heterocycles. The molecule has 2 amide bonds. The van der Waals surface area contributed by atoms with Gasteiger partial charge in [-0.3, -0.25) is 14.3 Å². The van der Waals surface area contributed by atoms with E-state index in [1.54, 1.807) is 25.8 Å². The molecule has 0 saturated carbocycles. The second kappa shape index (κ2) is 5.69. The van der Waals surface area contributed by atoms with Gasteiger partial charge < -0.3 is 9.80 Å². The van der Waals surface area contributed by atoms with Crippen LogP contribution in [0.25, 0.3) is 10.6 Å². The van der Waals surface area contributed by atoms with Crippen molar-refractivity contribution < 1.29 is 9.59 Å². The van der Waals surface area contributed by atoms with Crippen molar-refractivity contribution in [2.45, 2.75) is 0 Å². The average Bonchev–Trinajstić information content (AvgIpc) is 3.15. The fourth-order valence-electron chi connectivity index (χ4n) is 2.42. The van der Waals surface area contributed by atoms with Crippen molar-refractivity contribution in [2.24, 2.45) is 7.05 Å². The first-order valence-electron chi connectivity index (χ1n) is 6.75. The molecule has 0 aliphatic carbocycles. The molecule has 21 heavy (non-hydrogen) atoms. The number of hydrogen-bond acceptors (Lipinski definition) is 4. The first kappa shape index (κ1) is 13.8. The van der Waals surface area contributed by atoms with Gasteiger partial charge in [-0.2, -0.15) is 5.10 Å². The van der Waals surface area contributed by atoms with Crippen LogP contribution in [0.3, 0.4) is 0 Å². The fourth-order valence-corrected chi connectivity index (χ4v) is 3.19. The molecular formula is C14H16N4O2S. The summed E-state index contributed by atoms with van der Waals surface area (Å²) < 4.78 is 1.74. The molecule has 110 valence electrons. The van der Waals surface area contributed by atoms with E-state index in [4.69, 9.17) is 0 Å². The number of hydrogen-bond donors (Lipinski definition) is 0. The zero-order valence-electron chi connectivity index (χ0n) is 11.7. The predicted molar refractivity (Wildman–Crippen MR) is 80.1 cm³/mol. The fraction of sp³-hybridized carbons (Fsp3) is 0.357. The topological polar surface area (TPSA) is 58.4 Å². The molecule has 7 heteroatoms. The molecule has 0 atom stereocenters. The molecule has 2 aromatic rings. The normalized spacial score (nSPS) is 15.3. The highest BCUT2D eigenvalue weighted by Crippen LogP contribution is 2.25. The van der Waals surface area contributed by atoms with E-state index in [1.807, 2.05) is 30.6 Å². The van der Waals surface area contributed by atoms with Crippen molar-refractivity contribution in [2.75, 3.05) is 26.2 Å². The van der Waals surface area contributed by atoms with Gasteiger partial charge in [-0.15, -0.1) is 11.3 Å². The summed E-state index contributed by atoms with van der Waals surface area (Å²) in [6, 6.07) is 5.83. The summed E-state index contributed by atoms with van der Waals surface area (Å²) in [5.74, 6) is -0.0704. The summed E-state index contributed by atoms with van der Waals surface area (Å²) in [6.07, 6.45) is 0.831. The van der Waals surface area contributed by atoms with Crippen molar-refractivity contribution in [1.29, 1.82) is 0 Å². The second-order valence-corrected chi connectivity index (χ2v) is 5.90. The van der Waals surface area contributed by atoms with Gasteiger partial charge >= 0.3 is 0 Å². The van der Waals surface area contributed by atoms with E-state index in [9.17, 15) is 9.59 Å². The third-order valence-corrected chi connectivity index (χ3v) is 4.52. The van der Waals surface area contributed by atoms with Crippen LogP contribution < -0.4 is 0 Å². The quantitative estimate of drug-likeness (QED) is 0.797. The predicted octanol–water partition coefficient (Wildman–Crippen LogP) is 1.06. The summed E-state index contributed by atoms with van der Waals surface area (Å²) in [5, 5.41) is 6.33. The molecule has 2 aromatic heterocycles. The third-order valence-electron chi connectivity index (χ3n) is 3.62. The first-order chi connectivity index (χ1) is 10.2. The van der Waals surface area contributed by atoms with Gasteiger partial charge in [0, 0.05) is 33.2 Å². The molecule has 3 rings (SSSR count). The van der Waals surface area contributed by atoms with Crippen LogP contribution in [0.1, 0.15) is 10.5 Å². The summed E-state index contributed by atoms with van der Waals surface area (Å²) in [7, 11) is 1.84. The summed E-state index contributed by atoms with van der Waals surface area (Å²) in [5.41, 5.74) is 1.40. The molecule has 1 fully saturated rings. The Bertz CT molecular complexity index is 642. The SMILES string of the molecule is Cn1nc(C(=O)N2CCN(C=O)CC2)cc1-c1cccs1. The standard InChI is InChI=1S/C14H16N4O2S/c1-16-12(13-3-2-8-21-13)9-11(15-16)14(20)18-6-4-17(10-19)5-7-18/h2-3,8-10H,4-7H2,1H3. The molecule has 0 bridgehead atoms. The lowest BCUT2D eigenvalue weighted by atomic mass is 10.2. The molecule has 0 radical (unpaired) electrons. The number of amides is 2. The number of piperazine rings is 1. The molecule has 6 nitrogen and oxygen atoms in total. The zero-order chi connectivity index (χ0) is 14.8. The number of carbonyl (C=O) groups excluding carboxylic acids is 2. The Hall–Kier alpha value is -2.15. The Morgan fingerprint density at radius 1 is 1.33 bits per heavy atom. The minimum Gasteiger partial charge on any atom is -0.342 e. The molecule has 1 aliphatic rings. The van der Waals surface area contributed by atoms with Gasteiger partial charge in [-0.25, -0.2) is 0 Å². The van der Waals surface area contributed by atoms with E-state index in [2.05, 4.69) is 5.10 Å². The number of nitrogens with zero attached hydrogens (tertiary/aromatic N) is 4. The van der Waals surface area contributed by atoms with E-state index < -0.39 is 0 Å². The smallest absolute Gasteiger partial charge is 0.274 e. The first-order valence-corrected chi connectivity index (χ1v) is 7.63. The van der Waals surface area contributed by atoms with Gasteiger partial charge in [0.2, 0.25) is 6.41 Å². The van der Waals surface area contributed by atoms with E-state index in [0.29, 0.717) is 31.9 Å². The van der Waals surface area contributed by atoms with Crippen LogP contribution in [-0.2, 0) is 11.8 Å². The average molecular weight is 304 g/mol. The second-order valence-electron chi connectivity index (χ2n) is 4.95. The maximum Gasteiger partial charge on any atom is 0.274 e. The molecular weight excluding hydrogens is 288 g/mol. The van der Waals surface area contributed by atoms with E-state index >= 15 is 0 Å². The lowest BCUT2D eigenvalue weighted by Crippen LogP contribution is -2.48. The number of aryl methyl sites for hydroxylation is 1. The van der Waals surface area contributed by atoms with E-state index in [-0.39, 0.29) is 5.91 Å². The molecule has 0 aromatic carbocycles. The van der Waals surface area contributed by atoms with Gasteiger partial charge in [0.1, 0.15) is 0 Å². The van der Waals surface area contributed by atoms with Gasteiger partial charge in [0.25, 0.3) is 5.91 Å². The number of carbonyl (C=O) groups is 2. The van der Waals surface area contributed by atoms with Crippen LogP contribution in [-0.4, -0.2) is 58.1 Å². The van der Waals surface area contributed by atoms with Crippen molar-refractivity contribution in [3.8, 4) is 10.6 Å². The Morgan fingerprint density at radius 2 is 2.10 bits per heavy atom. The van der Waals surface area contributed by atoms with Crippen molar-refractivity contribution in [3.63, 3.8) is 0 Å². The van der Waals surface area contributed by atoms with Gasteiger partial charge in [0.05, 0.1) is 10.6 Å². The summed E-state index contributed by atoms with van der Waals surface area (Å²) in [4.78, 5) is 27.7. The Morgan fingerprint density at radius 3 is 2.71 bits per heavy atom. The molecule has 1 aliphatic heterocycles. The minimum atomic E-state index is -0.0704. The van der Waals surface area contributed by atoms with Crippen LogP contribution in [0.2, 0.25) is 0 Å². The van der Waals surface area contributed by atoms with Crippen LogP contribution in [0.15, 0.2) is 23.6 Å². The Kier molecular flexibility index (Phi) is 3.74. The number of thiophene rings is 1. The molecule has 0 spiro atoms. The molecule has 0 N–H and O–H groups in total. The highest BCUT2D eigenvalue weighted by molar-refractivity contribution is 7.13. The van der Waals surface area contributed by atoms with Crippen LogP contribution >= 0.6 is 11.3 Å². The Balaban J connectivity index is 1.77.